The summed E-state index contributed by atoms with van der Waals surface area (Å²) < 4.78 is 0. The molecule has 3 nitrogen and oxygen atoms in total. The molecule has 0 aliphatic carbocycles. The standard InChI is InChI=1S/C6H6N3.3ClH.Zn/c7-5-3-1-2-4-6(5)9-8;;;;/h1-4H,7H2;3*1H;/q+1;;;;+2/p-3. The first-order valence-electron chi connectivity index (χ1n) is 2.54. The molecule has 0 fully saturated rings. The fraction of sp³-hybridized carbons (Fsp3) is 0. The summed E-state index contributed by atoms with van der Waals surface area (Å²) in [7, 11) is 0. The van der Waals surface area contributed by atoms with E-state index in [4.69, 9.17) is 11.1 Å². The third-order valence-electron chi connectivity index (χ3n) is 1.04. The number of anilines is 1. The van der Waals surface area contributed by atoms with Crippen molar-refractivity contribution in [3.63, 3.8) is 0 Å². The van der Waals surface area contributed by atoms with Gasteiger partial charge in [-0.1, -0.05) is 12.1 Å². The summed E-state index contributed by atoms with van der Waals surface area (Å²) in [6.07, 6.45) is 0. The molecule has 0 spiro atoms. The van der Waals surface area contributed by atoms with Gasteiger partial charge in [-0.3, -0.25) is 0 Å². The van der Waals surface area contributed by atoms with Gasteiger partial charge < -0.3 is 43.0 Å². The minimum atomic E-state index is 0. The molecular formula is C6H6Cl3N3Zn. The Morgan fingerprint density at radius 2 is 1.54 bits per heavy atom. The predicted octanol–water partition coefficient (Wildman–Crippen LogP) is -7.24. The molecule has 0 amide bonds. The van der Waals surface area contributed by atoms with Crippen molar-refractivity contribution in [3.8, 4) is 0 Å². The number of hydrogen-bond donors (Lipinski definition) is 1. The summed E-state index contributed by atoms with van der Waals surface area (Å²) in [6, 6.07) is 6.85. The smallest absolute Gasteiger partial charge is 1.00 e. The molecule has 1 aromatic rings. The van der Waals surface area contributed by atoms with Crippen LogP contribution >= 0.6 is 0 Å². The molecule has 68 valence electrons. The second kappa shape index (κ2) is 11.9. The van der Waals surface area contributed by atoms with E-state index in [9.17, 15) is 0 Å². The van der Waals surface area contributed by atoms with E-state index in [2.05, 4.69) is 4.98 Å². The third kappa shape index (κ3) is 7.04. The van der Waals surface area contributed by atoms with Gasteiger partial charge in [0.1, 0.15) is 5.69 Å². The summed E-state index contributed by atoms with van der Waals surface area (Å²) in [5, 5.41) is 8.26. The van der Waals surface area contributed by atoms with Crippen molar-refractivity contribution in [1.82, 2.24) is 0 Å². The van der Waals surface area contributed by atoms with Crippen LogP contribution in [-0.2, 0) is 19.5 Å². The van der Waals surface area contributed by atoms with Gasteiger partial charge in [0.2, 0.25) is 5.39 Å². The Morgan fingerprint density at radius 1 is 1.08 bits per heavy atom. The van der Waals surface area contributed by atoms with Gasteiger partial charge in [0.25, 0.3) is 0 Å². The molecule has 7 heteroatoms. The van der Waals surface area contributed by atoms with Gasteiger partial charge >= 0.3 is 25.2 Å². The van der Waals surface area contributed by atoms with Crippen molar-refractivity contribution in [2.75, 3.05) is 5.73 Å². The van der Waals surface area contributed by atoms with Crippen LogP contribution in [0.2, 0.25) is 0 Å². The van der Waals surface area contributed by atoms with Gasteiger partial charge in [0, 0.05) is 6.07 Å². The molecule has 0 saturated heterocycles. The number of benzene rings is 1. The van der Waals surface area contributed by atoms with E-state index in [0.717, 1.165) is 0 Å². The molecule has 0 radical (unpaired) electrons. The number of nitrogens with two attached hydrogens (primary N) is 1. The summed E-state index contributed by atoms with van der Waals surface area (Å²) >= 11 is 0. The van der Waals surface area contributed by atoms with Crippen molar-refractivity contribution in [2.24, 2.45) is 0 Å². The molecule has 0 unspecified atom stereocenters. The molecule has 0 saturated carbocycles. The molecule has 0 atom stereocenters. The Balaban J connectivity index is -0.000000101. The first kappa shape index (κ1) is 23.1. The maximum absolute atomic E-state index is 8.26. The van der Waals surface area contributed by atoms with Crippen molar-refractivity contribution >= 4 is 11.4 Å². The molecular weight excluding hydrogens is 286 g/mol. The minimum Gasteiger partial charge on any atom is -1.00 e. The molecule has 2 N–H and O–H groups in total. The van der Waals surface area contributed by atoms with E-state index in [1.807, 2.05) is 0 Å². The van der Waals surface area contributed by atoms with Crippen LogP contribution in [0.25, 0.3) is 4.98 Å². The summed E-state index contributed by atoms with van der Waals surface area (Å²) in [5.74, 6) is 0. The normalized spacial score (nSPS) is 5.77. The molecule has 0 aliphatic rings. The maximum Gasteiger partial charge on any atom is 2.00 e. The van der Waals surface area contributed by atoms with Gasteiger partial charge in [-0.15, -0.1) is 0 Å². The zero-order chi connectivity index (χ0) is 6.69. The predicted molar refractivity (Wildman–Crippen MR) is 35.6 cm³/mol. The Hall–Kier alpha value is -0.0666. The van der Waals surface area contributed by atoms with E-state index < -0.39 is 0 Å². The van der Waals surface area contributed by atoms with Crippen LogP contribution < -0.4 is 43.0 Å². The van der Waals surface area contributed by atoms with Crippen LogP contribution in [-0.4, -0.2) is 0 Å². The van der Waals surface area contributed by atoms with Gasteiger partial charge in [-0.05, 0) is 6.07 Å². The fourth-order valence-electron chi connectivity index (χ4n) is 0.579. The molecule has 1 rings (SSSR count). The van der Waals surface area contributed by atoms with Gasteiger partial charge in [0.15, 0.2) is 4.98 Å². The van der Waals surface area contributed by atoms with Crippen LogP contribution in [0.5, 0.6) is 0 Å². The van der Waals surface area contributed by atoms with E-state index >= 15 is 0 Å². The second-order valence-corrected chi connectivity index (χ2v) is 1.66. The second-order valence-electron chi connectivity index (χ2n) is 1.66. The van der Waals surface area contributed by atoms with E-state index in [1.54, 1.807) is 24.3 Å². The topological polar surface area (TPSA) is 54.2 Å². The molecule has 13 heavy (non-hydrogen) atoms. The minimum absolute atomic E-state index is 0. The average molecular weight is 292 g/mol. The average Bonchev–Trinajstić information content (AvgIpc) is 1.89. The van der Waals surface area contributed by atoms with Gasteiger partial charge in [-0.25, -0.2) is 0 Å². The molecule has 1 aromatic carbocycles. The van der Waals surface area contributed by atoms with Crippen LogP contribution in [0.3, 0.4) is 0 Å². The molecule has 0 heterocycles. The van der Waals surface area contributed by atoms with E-state index in [0.29, 0.717) is 11.4 Å². The number of diazo groups is 1. The Morgan fingerprint density at radius 3 is 1.85 bits per heavy atom. The fourth-order valence-corrected chi connectivity index (χ4v) is 0.579. The van der Waals surface area contributed by atoms with Crippen molar-refractivity contribution in [1.29, 1.82) is 5.39 Å². The largest absolute Gasteiger partial charge is 2.00 e. The Bertz CT molecular complexity index is 264. The van der Waals surface area contributed by atoms with Crippen LogP contribution in [0, 0.1) is 5.39 Å². The van der Waals surface area contributed by atoms with Gasteiger partial charge in [0.05, 0.1) is 0 Å². The number of halogens is 3. The maximum atomic E-state index is 8.26. The summed E-state index contributed by atoms with van der Waals surface area (Å²) in [4.78, 5) is 2.95. The van der Waals surface area contributed by atoms with E-state index in [1.165, 1.54) is 0 Å². The summed E-state index contributed by atoms with van der Waals surface area (Å²) in [5.41, 5.74) is 6.28. The molecule has 0 bridgehead atoms. The van der Waals surface area contributed by atoms with Crippen molar-refractivity contribution in [3.05, 3.63) is 29.2 Å². The molecule has 0 aliphatic heterocycles. The Labute approximate surface area is 108 Å². The van der Waals surface area contributed by atoms with Crippen LogP contribution in [0.4, 0.5) is 11.4 Å². The van der Waals surface area contributed by atoms with E-state index in [-0.39, 0.29) is 56.7 Å². The van der Waals surface area contributed by atoms with Crippen molar-refractivity contribution in [2.45, 2.75) is 0 Å². The van der Waals surface area contributed by atoms with Crippen LogP contribution in [0.15, 0.2) is 24.3 Å². The number of nitrogens with zero attached hydrogens (tertiary/aromatic N) is 2. The zero-order valence-corrected chi connectivity index (χ0v) is 11.9. The third-order valence-corrected chi connectivity index (χ3v) is 1.04. The quantitative estimate of drug-likeness (QED) is 0.293. The number of nitrogen functional groups attached to an aromatic ring is 1. The number of para-hydroxylation sites is 1. The molecule has 0 aromatic heterocycles. The number of hydrogen-bond acceptors (Lipinski definition) is 2. The zero-order valence-electron chi connectivity index (χ0n) is 6.62. The van der Waals surface area contributed by atoms with Crippen molar-refractivity contribution < 1.29 is 56.7 Å². The first-order valence-corrected chi connectivity index (χ1v) is 2.54. The summed E-state index contributed by atoms with van der Waals surface area (Å²) in [6.45, 7) is 0. The number of rotatable bonds is 0. The monoisotopic (exact) mass is 289 g/mol. The van der Waals surface area contributed by atoms with Crippen LogP contribution in [0.1, 0.15) is 0 Å². The first-order chi connectivity index (χ1) is 4.34. The SMILES string of the molecule is N#[N+]c1ccccc1N.[Cl-].[Cl-].[Cl-].[Zn+2]. The van der Waals surface area contributed by atoms with Gasteiger partial charge in [-0.2, -0.15) is 0 Å². The Kier molecular flexibility index (Phi) is 21.2.